The minimum atomic E-state index is 0.0658. The summed E-state index contributed by atoms with van der Waals surface area (Å²) in [6.45, 7) is 1.28. The molecule has 1 aromatic rings. The van der Waals surface area contributed by atoms with E-state index in [1.807, 2.05) is 12.1 Å². The van der Waals surface area contributed by atoms with Crippen LogP contribution in [0.2, 0.25) is 5.02 Å². The van der Waals surface area contributed by atoms with Crippen molar-refractivity contribution in [1.82, 2.24) is 4.90 Å². The normalized spacial score (nSPS) is 10.3. The van der Waals surface area contributed by atoms with Gasteiger partial charge >= 0.3 is 0 Å². The van der Waals surface area contributed by atoms with Gasteiger partial charge < -0.3 is 14.7 Å². The topological polar surface area (TPSA) is 49.8 Å². The maximum absolute atomic E-state index is 11.8. The van der Waals surface area contributed by atoms with Crippen LogP contribution in [0.5, 0.6) is 5.75 Å². The number of hydrogen-bond acceptors (Lipinski definition) is 3. The second-order valence-corrected chi connectivity index (χ2v) is 5.09. The Bertz CT molecular complexity index is 412. The van der Waals surface area contributed by atoms with Crippen molar-refractivity contribution in [1.29, 1.82) is 0 Å². The van der Waals surface area contributed by atoms with Crippen LogP contribution < -0.4 is 4.74 Å². The van der Waals surface area contributed by atoms with Gasteiger partial charge in [-0.05, 0) is 37.5 Å². The molecule has 4 nitrogen and oxygen atoms in total. The number of hydrogen-bond donors (Lipinski definition) is 1. The summed E-state index contributed by atoms with van der Waals surface area (Å²) < 4.78 is 5.49. The number of carbonyl (C=O) groups is 1. The van der Waals surface area contributed by atoms with E-state index in [2.05, 4.69) is 0 Å². The summed E-state index contributed by atoms with van der Waals surface area (Å²) in [6.07, 6.45) is 2.99. The van der Waals surface area contributed by atoms with Gasteiger partial charge in [-0.1, -0.05) is 17.7 Å². The first-order valence-electron chi connectivity index (χ1n) is 6.86. The number of benzene rings is 1. The summed E-state index contributed by atoms with van der Waals surface area (Å²) in [5, 5.41) is 9.30. The molecule has 0 spiro atoms. The lowest BCUT2D eigenvalue weighted by Gasteiger charge is -2.17. The fourth-order valence-corrected chi connectivity index (χ4v) is 1.95. The van der Waals surface area contributed by atoms with E-state index in [4.69, 9.17) is 21.4 Å². The second-order valence-electron chi connectivity index (χ2n) is 4.66. The van der Waals surface area contributed by atoms with Gasteiger partial charge in [0.15, 0.2) is 0 Å². The van der Waals surface area contributed by atoms with Crippen LogP contribution in [0.4, 0.5) is 0 Å². The van der Waals surface area contributed by atoms with Crippen LogP contribution in [0.15, 0.2) is 24.3 Å². The zero-order valence-corrected chi connectivity index (χ0v) is 12.6. The molecule has 1 aromatic carbocycles. The van der Waals surface area contributed by atoms with Crippen molar-refractivity contribution in [3.8, 4) is 5.75 Å². The van der Waals surface area contributed by atoms with E-state index in [9.17, 15) is 4.79 Å². The zero-order valence-electron chi connectivity index (χ0n) is 11.8. The van der Waals surface area contributed by atoms with Gasteiger partial charge in [0, 0.05) is 25.2 Å². The first-order valence-corrected chi connectivity index (χ1v) is 7.24. The van der Waals surface area contributed by atoms with E-state index in [1.165, 1.54) is 0 Å². The monoisotopic (exact) mass is 299 g/mol. The molecule has 0 aliphatic rings. The van der Waals surface area contributed by atoms with E-state index >= 15 is 0 Å². The van der Waals surface area contributed by atoms with Crippen LogP contribution in [0, 0.1) is 0 Å². The molecule has 0 heterocycles. The molecule has 112 valence electrons. The van der Waals surface area contributed by atoms with Crippen molar-refractivity contribution in [3.63, 3.8) is 0 Å². The average molecular weight is 300 g/mol. The van der Waals surface area contributed by atoms with E-state index in [1.54, 1.807) is 24.1 Å². The lowest BCUT2D eigenvalue weighted by Crippen LogP contribution is -2.28. The third-order valence-corrected chi connectivity index (χ3v) is 3.19. The highest BCUT2D eigenvalue weighted by molar-refractivity contribution is 6.30. The summed E-state index contributed by atoms with van der Waals surface area (Å²) in [6, 6.07) is 7.13. The molecule has 0 aliphatic carbocycles. The van der Waals surface area contributed by atoms with Gasteiger partial charge in [0.05, 0.1) is 13.0 Å². The number of amides is 1. The number of rotatable bonds is 9. The number of nitrogens with zero attached hydrogens (tertiary/aromatic N) is 1. The van der Waals surface area contributed by atoms with Crippen molar-refractivity contribution < 1.29 is 14.6 Å². The molecule has 1 rings (SSSR count). The molecule has 0 saturated carbocycles. The van der Waals surface area contributed by atoms with Gasteiger partial charge in [-0.25, -0.2) is 0 Å². The minimum Gasteiger partial charge on any atom is -0.493 e. The van der Waals surface area contributed by atoms with E-state index in [0.717, 1.165) is 25.8 Å². The highest BCUT2D eigenvalue weighted by Crippen LogP contribution is 2.17. The predicted molar refractivity (Wildman–Crippen MR) is 80.1 cm³/mol. The third kappa shape index (κ3) is 6.78. The van der Waals surface area contributed by atoms with Crippen LogP contribution in [-0.4, -0.2) is 42.7 Å². The SMILES string of the molecule is CN(CCCCCO)C(=O)CCOc1cccc(Cl)c1. The number of halogens is 1. The van der Waals surface area contributed by atoms with Crippen molar-refractivity contribution >= 4 is 17.5 Å². The van der Waals surface area contributed by atoms with Crippen LogP contribution >= 0.6 is 11.6 Å². The standard InChI is InChI=1S/C15H22ClNO3/c1-17(9-3-2-4-10-18)15(19)8-11-20-14-7-5-6-13(16)12-14/h5-7,12,18H,2-4,8-11H2,1H3. The molecule has 0 aromatic heterocycles. The lowest BCUT2D eigenvalue weighted by molar-refractivity contribution is -0.130. The van der Waals surface area contributed by atoms with Gasteiger partial charge in [0.2, 0.25) is 5.91 Å². The Morgan fingerprint density at radius 2 is 2.15 bits per heavy atom. The Hall–Kier alpha value is -1.26. The number of ether oxygens (including phenoxy) is 1. The lowest BCUT2D eigenvalue weighted by atomic mass is 10.2. The molecular formula is C15H22ClNO3. The Labute approximate surface area is 125 Å². The van der Waals surface area contributed by atoms with Crippen molar-refractivity contribution in [2.24, 2.45) is 0 Å². The third-order valence-electron chi connectivity index (χ3n) is 2.96. The summed E-state index contributed by atoms with van der Waals surface area (Å²) in [5.41, 5.74) is 0. The predicted octanol–water partition coefficient (Wildman–Crippen LogP) is 2.73. The van der Waals surface area contributed by atoms with Crippen LogP contribution in [0.25, 0.3) is 0 Å². The van der Waals surface area contributed by atoms with Gasteiger partial charge in [-0.15, -0.1) is 0 Å². The maximum Gasteiger partial charge on any atom is 0.225 e. The fraction of sp³-hybridized carbons (Fsp3) is 0.533. The Kier molecular flexibility index (Phi) is 8.07. The fourth-order valence-electron chi connectivity index (χ4n) is 1.77. The molecule has 5 heteroatoms. The number of aliphatic hydroxyl groups excluding tert-OH is 1. The molecule has 0 bridgehead atoms. The van der Waals surface area contributed by atoms with Crippen LogP contribution in [-0.2, 0) is 4.79 Å². The molecular weight excluding hydrogens is 278 g/mol. The van der Waals surface area contributed by atoms with Gasteiger partial charge in [-0.3, -0.25) is 4.79 Å². The zero-order chi connectivity index (χ0) is 14.8. The molecule has 1 N–H and O–H groups in total. The first-order chi connectivity index (χ1) is 9.63. The highest BCUT2D eigenvalue weighted by Gasteiger charge is 2.08. The molecule has 1 amide bonds. The van der Waals surface area contributed by atoms with E-state index in [0.29, 0.717) is 23.8 Å². The molecule has 0 saturated heterocycles. The first kappa shape index (κ1) is 16.8. The van der Waals surface area contributed by atoms with Crippen molar-refractivity contribution in [2.45, 2.75) is 25.7 Å². The smallest absolute Gasteiger partial charge is 0.225 e. The molecule has 0 unspecified atom stereocenters. The van der Waals surface area contributed by atoms with Gasteiger partial charge in [0.1, 0.15) is 5.75 Å². The summed E-state index contributed by atoms with van der Waals surface area (Å²) in [4.78, 5) is 13.5. The van der Waals surface area contributed by atoms with Gasteiger partial charge in [0.25, 0.3) is 0 Å². The van der Waals surface area contributed by atoms with Crippen LogP contribution in [0.1, 0.15) is 25.7 Å². The Balaban J connectivity index is 2.19. The summed E-state index contributed by atoms with van der Waals surface area (Å²) in [7, 11) is 1.79. The summed E-state index contributed by atoms with van der Waals surface area (Å²) >= 11 is 5.85. The number of carbonyl (C=O) groups excluding carboxylic acids is 1. The van der Waals surface area contributed by atoms with E-state index < -0.39 is 0 Å². The second kappa shape index (κ2) is 9.61. The maximum atomic E-state index is 11.8. The Morgan fingerprint density at radius 1 is 1.35 bits per heavy atom. The molecule has 20 heavy (non-hydrogen) atoms. The molecule has 0 fully saturated rings. The Morgan fingerprint density at radius 3 is 2.85 bits per heavy atom. The molecule has 0 atom stereocenters. The average Bonchev–Trinajstić information content (AvgIpc) is 2.43. The van der Waals surface area contributed by atoms with Crippen molar-refractivity contribution in [2.75, 3.05) is 26.8 Å². The molecule has 0 aliphatic heterocycles. The number of aliphatic hydroxyl groups is 1. The molecule has 0 radical (unpaired) electrons. The summed E-state index contributed by atoms with van der Waals surface area (Å²) in [5.74, 6) is 0.743. The quantitative estimate of drug-likeness (QED) is 0.713. The van der Waals surface area contributed by atoms with Gasteiger partial charge in [-0.2, -0.15) is 0 Å². The number of unbranched alkanes of at least 4 members (excludes halogenated alkanes) is 2. The largest absolute Gasteiger partial charge is 0.493 e. The van der Waals surface area contributed by atoms with Crippen molar-refractivity contribution in [3.05, 3.63) is 29.3 Å². The van der Waals surface area contributed by atoms with E-state index in [-0.39, 0.29) is 12.5 Å². The highest BCUT2D eigenvalue weighted by atomic mass is 35.5. The minimum absolute atomic E-state index is 0.0658. The van der Waals surface area contributed by atoms with Crippen LogP contribution in [0.3, 0.4) is 0 Å².